The molecule has 1 fully saturated rings. The Labute approximate surface area is 138 Å². The van der Waals surface area contributed by atoms with E-state index in [0.29, 0.717) is 17.7 Å². The summed E-state index contributed by atoms with van der Waals surface area (Å²) < 4.78 is 25.4. The van der Waals surface area contributed by atoms with E-state index in [-0.39, 0.29) is 11.9 Å². The number of likely N-dealkylation sites (tertiary alicyclic amines) is 1. The highest BCUT2D eigenvalue weighted by molar-refractivity contribution is 7.92. The van der Waals surface area contributed by atoms with E-state index in [4.69, 9.17) is 0 Å². The quantitative estimate of drug-likeness (QED) is 0.833. The van der Waals surface area contributed by atoms with E-state index in [1.54, 1.807) is 12.1 Å². The van der Waals surface area contributed by atoms with Gasteiger partial charge in [-0.1, -0.05) is 12.8 Å². The van der Waals surface area contributed by atoms with Gasteiger partial charge in [-0.25, -0.2) is 8.42 Å². The molecule has 0 bridgehead atoms. The van der Waals surface area contributed by atoms with Gasteiger partial charge in [0.1, 0.15) is 0 Å². The van der Waals surface area contributed by atoms with Crippen LogP contribution in [0.1, 0.15) is 48.5 Å². The second-order valence-corrected chi connectivity index (χ2v) is 8.52. The predicted octanol–water partition coefficient (Wildman–Crippen LogP) is 2.41. The number of hydrogen-bond donors (Lipinski definition) is 0. The first-order valence-electron chi connectivity index (χ1n) is 8.29. The van der Waals surface area contributed by atoms with Crippen molar-refractivity contribution in [2.45, 2.75) is 45.1 Å². The number of sulfonamides is 1. The van der Waals surface area contributed by atoms with Crippen molar-refractivity contribution in [3.8, 4) is 0 Å². The lowest BCUT2D eigenvalue weighted by atomic mass is 10.1. The zero-order valence-corrected chi connectivity index (χ0v) is 14.6. The number of anilines is 1. The fourth-order valence-corrected chi connectivity index (χ4v) is 4.96. The summed E-state index contributed by atoms with van der Waals surface area (Å²) >= 11 is 0. The second-order valence-electron chi connectivity index (χ2n) is 6.66. The van der Waals surface area contributed by atoms with E-state index in [2.05, 4.69) is 0 Å². The third-order valence-electron chi connectivity index (χ3n) is 4.73. The lowest BCUT2D eigenvalue weighted by molar-refractivity contribution is 0.0761. The highest BCUT2D eigenvalue weighted by atomic mass is 32.2. The Balaban J connectivity index is 1.87. The summed E-state index contributed by atoms with van der Waals surface area (Å²) in [7, 11) is -3.29. The van der Waals surface area contributed by atoms with Gasteiger partial charge in [-0.2, -0.15) is 0 Å². The molecule has 5 nitrogen and oxygen atoms in total. The van der Waals surface area contributed by atoms with Crippen molar-refractivity contribution in [1.29, 1.82) is 0 Å². The molecule has 2 aliphatic rings. The number of hydrogen-bond acceptors (Lipinski definition) is 3. The van der Waals surface area contributed by atoms with Crippen molar-refractivity contribution in [2.24, 2.45) is 0 Å². The minimum Gasteiger partial charge on any atom is -0.339 e. The Bertz CT molecular complexity index is 707. The van der Waals surface area contributed by atoms with Gasteiger partial charge in [-0.15, -0.1) is 0 Å². The van der Waals surface area contributed by atoms with Crippen molar-refractivity contribution < 1.29 is 13.2 Å². The summed E-state index contributed by atoms with van der Waals surface area (Å²) in [4.78, 5) is 14.6. The molecule has 0 spiro atoms. The zero-order valence-electron chi connectivity index (χ0n) is 13.8. The van der Waals surface area contributed by atoms with Crippen LogP contribution in [0, 0.1) is 0 Å². The Kier molecular flexibility index (Phi) is 4.36. The molecule has 1 aromatic rings. The normalized spacial score (nSPS) is 21.9. The van der Waals surface area contributed by atoms with Gasteiger partial charge in [0.05, 0.1) is 11.9 Å². The first-order chi connectivity index (χ1) is 10.9. The van der Waals surface area contributed by atoms with Crippen LogP contribution in [-0.4, -0.2) is 44.6 Å². The molecule has 1 saturated heterocycles. The molecule has 0 N–H and O–H groups in total. The van der Waals surface area contributed by atoms with Crippen LogP contribution in [0.3, 0.4) is 0 Å². The number of nitrogens with zero attached hydrogens (tertiary/aromatic N) is 2. The van der Waals surface area contributed by atoms with Gasteiger partial charge in [0.15, 0.2) is 0 Å². The molecular formula is C17H24N2O3S. The first kappa shape index (κ1) is 16.3. The second kappa shape index (κ2) is 6.15. The van der Waals surface area contributed by atoms with Crippen LogP contribution in [0.25, 0.3) is 0 Å². The van der Waals surface area contributed by atoms with Gasteiger partial charge < -0.3 is 4.90 Å². The maximum Gasteiger partial charge on any atom is 0.253 e. The van der Waals surface area contributed by atoms with Crippen LogP contribution in [0.5, 0.6) is 0 Å². The molecule has 2 aliphatic heterocycles. The minimum absolute atomic E-state index is 0.0696. The molecule has 1 aromatic carbocycles. The molecule has 3 rings (SSSR count). The number of benzene rings is 1. The van der Waals surface area contributed by atoms with E-state index in [0.717, 1.165) is 31.5 Å². The van der Waals surface area contributed by atoms with E-state index in [9.17, 15) is 13.2 Å². The van der Waals surface area contributed by atoms with E-state index < -0.39 is 10.0 Å². The lowest BCUT2D eigenvalue weighted by Gasteiger charge is -2.22. The van der Waals surface area contributed by atoms with Gasteiger partial charge in [-0.05, 0) is 49.9 Å². The van der Waals surface area contributed by atoms with Crippen LogP contribution in [0.4, 0.5) is 5.69 Å². The topological polar surface area (TPSA) is 57.7 Å². The molecular weight excluding hydrogens is 312 g/mol. The van der Waals surface area contributed by atoms with E-state index in [1.807, 2.05) is 17.9 Å². The van der Waals surface area contributed by atoms with Gasteiger partial charge in [0, 0.05) is 24.7 Å². The van der Waals surface area contributed by atoms with Crippen molar-refractivity contribution >= 4 is 21.6 Å². The molecule has 0 unspecified atom stereocenters. The Hall–Kier alpha value is -1.56. The third kappa shape index (κ3) is 3.22. The Morgan fingerprint density at radius 1 is 1.13 bits per heavy atom. The summed E-state index contributed by atoms with van der Waals surface area (Å²) in [5.74, 6) is 0.0696. The fourth-order valence-electron chi connectivity index (χ4n) is 3.70. The van der Waals surface area contributed by atoms with E-state index >= 15 is 0 Å². The van der Waals surface area contributed by atoms with Gasteiger partial charge in [0.2, 0.25) is 10.0 Å². The van der Waals surface area contributed by atoms with Gasteiger partial charge in [-0.3, -0.25) is 9.10 Å². The molecule has 23 heavy (non-hydrogen) atoms. The molecule has 6 heteroatoms. The molecule has 2 heterocycles. The molecule has 1 atom stereocenters. The number of fused-ring (bicyclic) bond motifs is 1. The zero-order chi connectivity index (χ0) is 16.6. The molecule has 0 aromatic heterocycles. The predicted molar refractivity (Wildman–Crippen MR) is 91.3 cm³/mol. The summed E-state index contributed by atoms with van der Waals surface area (Å²) in [6.07, 6.45) is 6.40. The average Bonchev–Trinajstić information content (AvgIpc) is 2.66. The lowest BCUT2D eigenvalue weighted by Crippen LogP contribution is -2.34. The minimum atomic E-state index is -3.29. The number of rotatable bonds is 2. The summed E-state index contributed by atoms with van der Waals surface area (Å²) in [5.41, 5.74) is 2.34. The van der Waals surface area contributed by atoms with Gasteiger partial charge in [0.25, 0.3) is 5.91 Å². The number of carbonyl (C=O) groups is 1. The molecule has 0 aliphatic carbocycles. The van der Waals surface area contributed by atoms with Crippen molar-refractivity contribution in [3.63, 3.8) is 0 Å². The largest absolute Gasteiger partial charge is 0.339 e. The molecule has 1 amide bonds. The standard InChI is InChI=1S/C17H24N2O3S/c1-13-11-15-12-14(7-8-16(15)19(13)23(2,21)22)17(20)18-9-5-3-4-6-10-18/h7-8,12-13H,3-6,9-11H2,1-2H3/t13-/m1/s1. The Morgan fingerprint density at radius 3 is 2.39 bits per heavy atom. The van der Waals surface area contributed by atoms with Gasteiger partial charge >= 0.3 is 0 Å². The van der Waals surface area contributed by atoms with Crippen molar-refractivity contribution in [3.05, 3.63) is 29.3 Å². The summed E-state index contributed by atoms with van der Waals surface area (Å²) in [6.45, 7) is 3.54. The van der Waals surface area contributed by atoms with Crippen molar-refractivity contribution in [1.82, 2.24) is 4.90 Å². The number of amides is 1. The highest BCUT2D eigenvalue weighted by Crippen LogP contribution is 2.35. The third-order valence-corrected chi connectivity index (χ3v) is 6.00. The Morgan fingerprint density at radius 2 is 1.78 bits per heavy atom. The first-order valence-corrected chi connectivity index (χ1v) is 10.1. The monoisotopic (exact) mass is 336 g/mol. The number of carbonyl (C=O) groups excluding carboxylic acids is 1. The molecule has 126 valence electrons. The average molecular weight is 336 g/mol. The summed E-state index contributed by atoms with van der Waals surface area (Å²) in [6, 6.07) is 5.33. The van der Waals surface area contributed by atoms with Crippen LogP contribution in [-0.2, 0) is 16.4 Å². The van der Waals surface area contributed by atoms with Crippen LogP contribution >= 0.6 is 0 Å². The summed E-state index contributed by atoms with van der Waals surface area (Å²) in [5, 5.41) is 0. The maximum atomic E-state index is 12.7. The van der Waals surface area contributed by atoms with Crippen molar-refractivity contribution in [2.75, 3.05) is 23.7 Å². The fraction of sp³-hybridized carbons (Fsp3) is 0.588. The van der Waals surface area contributed by atoms with E-state index in [1.165, 1.54) is 23.4 Å². The van der Waals surface area contributed by atoms with Crippen LogP contribution in [0.15, 0.2) is 18.2 Å². The molecule has 0 radical (unpaired) electrons. The molecule has 0 saturated carbocycles. The smallest absolute Gasteiger partial charge is 0.253 e. The SMILES string of the molecule is C[C@@H]1Cc2cc(C(=O)N3CCCCCC3)ccc2N1S(C)(=O)=O. The highest BCUT2D eigenvalue weighted by Gasteiger charge is 2.33. The maximum absolute atomic E-state index is 12.7. The van der Waals surface area contributed by atoms with Crippen LogP contribution < -0.4 is 4.31 Å². The van der Waals surface area contributed by atoms with Crippen LogP contribution in [0.2, 0.25) is 0 Å².